The molecule has 3 nitrogen and oxygen atoms in total. The molecule has 0 aliphatic heterocycles. The third kappa shape index (κ3) is 2.15. The maximum absolute atomic E-state index is 13.5. The lowest BCUT2D eigenvalue weighted by Gasteiger charge is -2.00. The lowest BCUT2D eigenvalue weighted by molar-refractivity contribution is 0.471. The molecular formula is C11H10BrFN2O. The molecule has 84 valence electrons. The van der Waals surface area contributed by atoms with E-state index in [1.807, 2.05) is 0 Å². The third-order valence-electron chi connectivity index (χ3n) is 2.11. The summed E-state index contributed by atoms with van der Waals surface area (Å²) in [6.07, 6.45) is 1.48. The van der Waals surface area contributed by atoms with Crippen LogP contribution in [0, 0.1) is 5.82 Å². The number of nitrogens with two attached hydrogens (primary N) is 1. The number of aromatic nitrogens is 1. The summed E-state index contributed by atoms with van der Waals surface area (Å²) in [4.78, 5) is 3.99. The van der Waals surface area contributed by atoms with Gasteiger partial charge in [-0.3, -0.25) is 0 Å². The van der Waals surface area contributed by atoms with Crippen LogP contribution in [0.4, 0.5) is 4.39 Å². The summed E-state index contributed by atoms with van der Waals surface area (Å²) in [5.74, 6) is 0.427. The first-order chi connectivity index (χ1) is 7.58. The highest BCUT2D eigenvalue weighted by atomic mass is 79.9. The van der Waals surface area contributed by atoms with Gasteiger partial charge < -0.3 is 10.2 Å². The summed E-state index contributed by atoms with van der Waals surface area (Å²) in [6, 6.07) is 4.33. The first-order valence-electron chi connectivity index (χ1n) is 4.74. The Morgan fingerprint density at radius 1 is 1.50 bits per heavy atom. The van der Waals surface area contributed by atoms with Crippen LogP contribution in [-0.2, 0) is 0 Å². The normalized spacial score (nSPS) is 12.8. The van der Waals surface area contributed by atoms with Gasteiger partial charge in [0, 0.05) is 4.47 Å². The number of hydrogen-bond donors (Lipinski definition) is 1. The minimum Gasteiger partial charge on any atom is -0.439 e. The molecule has 1 aromatic heterocycles. The number of halogens is 2. The summed E-state index contributed by atoms with van der Waals surface area (Å²) in [5.41, 5.74) is 5.98. The molecule has 0 fully saturated rings. The number of hydrogen-bond acceptors (Lipinski definition) is 3. The Morgan fingerprint density at radius 2 is 2.25 bits per heavy atom. The second kappa shape index (κ2) is 4.35. The Kier molecular flexibility index (Phi) is 3.07. The van der Waals surface area contributed by atoms with Gasteiger partial charge in [0.2, 0.25) is 5.89 Å². The van der Waals surface area contributed by atoms with Gasteiger partial charge in [-0.2, -0.15) is 0 Å². The average Bonchev–Trinajstić information content (AvgIpc) is 2.70. The third-order valence-corrected chi connectivity index (χ3v) is 2.60. The van der Waals surface area contributed by atoms with Crippen LogP contribution in [0.5, 0.6) is 0 Å². The molecule has 1 unspecified atom stereocenters. The van der Waals surface area contributed by atoms with Crippen LogP contribution in [0.2, 0.25) is 0 Å². The first-order valence-corrected chi connectivity index (χ1v) is 5.54. The van der Waals surface area contributed by atoms with E-state index in [2.05, 4.69) is 20.9 Å². The maximum Gasteiger partial charge on any atom is 0.211 e. The molecule has 0 amide bonds. The van der Waals surface area contributed by atoms with Gasteiger partial charge in [-0.1, -0.05) is 15.9 Å². The number of oxazole rings is 1. The number of rotatable bonds is 2. The molecule has 2 rings (SSSR count). The van der Waals surface area contributed by atoms with E-state index >= 15 is 0 Å². The molecule has 1 atom stereocenters. The summed E-state index contributed by atoms with van der Waals surface area (Å²) in [7, 11) is 0. The lowest BCUT2D eigenvalue weighted by atomic mass is 10.2. The molecule has 16 heavy (non-hydrogen) atoms. The van der Waals surface area contributed by atoms with Crippen LogP contribution < -0.4 is 5.73 Å². The van der Waals surface area contributed by atoms with E-state index in [-0.39, 0.29) is 11.9 Å². The number of nitrogens with zero attached hydrogens (tertiary/aromatic N) is 1. The first kappa shape index (κ1) is 11.3. The van der Waals surface area contributed by atoms with E-state index in [0.717, 1.165) is 4.47 Å². The van der Waals surface area contributed by atoms with Crippen molar-refractivity contribution in [2.75, 3.05) is 0 Å². The highest BCUT2D eigenvalue weighted by Crippen LogP contribution is 2.27. The van der Waals surface area contributed by atoms with Crippen molar-refractivity contribution < 1.29 is 8.81 Å². The van der Waals surface area contributed by atoms with Gasteiger partial charge in [-0.05, 0) is 25.1 Å². The van der Waals surface area contributed by atoms with Crippen molar-refractivity contribution >= 4 is 15.9 Å². The van der Waals surface area contributed by atoms with Crippen LogP contribution >= 0.6 is 15.9 Å². The zero-order valence-electron chi connectivity index (χ0n) is 8.58. The topological polar surface area (TPSA) is 52.0 Å². The Balaban J connectivity index is 2.46. The molecule has 2 N–H and O–H groups in total. The Morgan fingerprint density at radius 3 is 2.88 bits per heavy atom. The van der Waals surface area contributed by atoms with E-state index in [1.54, 1.807) is 19.1 Å². The molecule has 0 bridgehead atoms. The van der Waals surface area contributed by atoms with Gasteiger partial charge in [0.25, 0.3) is 0 Å². The summed E-state index contributed by atoms with van der Waals surface area (Å²) in [6.45, 7) is 1.76. The molecule has 5 heteroatoms. The molecule has 0 saturated carbocycles. The predicted octanol–water partition coefficient (Wildman–Crippen LogP) is 3.26. The molecule has 1 heterocycles. The second-order valence-corrected chi connectivity index (χ2v) is 4.39. The highest BCUT2D eigenvalue weighted by Gasteiger charge is 2.13. The molecule has 0 aliphatic rings. The van der Waals surface area contributed by atoms with Gasteiger partial charge in [0.15, 0.2) is 5.76 Å². The largest absolute Gasteiger partial charge is 0.439 e. The van der Waals surface area contributed by atoms with Crippen molar-refractivity contribution in [3.8, 4) is 11.3 Å². The minimum atomic E-state index is -0.351. The van der Waals surface area contributed by atoms with Crippen molar-refractivity contribution in [3.05, 3.63) is 40.6 Å². The molecular weight excluding hydrogens is 275 g/mol. The Bertz CT molecular complexity index is 510. The minimum absolute atomic E-state index is 0.302. The fourth-order valence-corrected chi connectivity index (χ4v) is 1.67. The summed E-state index contributed by atoms with van der Waals surface area (Å²) in [5, 5.41) is 0. The monoisotopic (exact) mass is 284 g/mol. The van der Waals surface area contributed by atoms with E-state index in [4.69, 9.17) is 10.2 Å². The van der Waals surface area contributed by atoms with Crippen molar-refractivity contribution in [1.29, 1.82) is 0 Å². The second-order valence-electron chi connectivity index (χ2n) is 3.48. The Labute approximate surface area is 101 Å². The molecule has 0 radical (unpaired) electrons. The van der Waals surface area contributed by atoms with Crippen molar-refractivity contribution in [2.24, 2.45) is 5.73 Å². The standard InChI is InChI=1S/C11H10BrFN2O/c1-6(14)11-15-5-10(16-11)8-4-7(12)2-3-9(8)13/h2-6H,14H2,1H3. The SMILES string of the molecule is CC(N)c1ncc(-c2cc(Br)ccc2F)o1. The number of benzene rings is 1. The molecule has 0 spiro atoms. The van der Waals surface area contributed by atoms with E-state index in [9.17, 15) is 4.39 Å². The van der Waals surface area contributed by atoms with Crippen LogP contribution in [0.1, 0.15) is 18.9 Å². The molecule has 1 aromatic carbocycles. The van der Waals surface area contributed by atoms with Crippen LogP contribution in [0.25, 0.3) is 11.3 Å². The van der Waals surface area contributed by atoms with Gasteiger partial charge >= 0.3 is 0 Å². The zero-order valence-corrected chi connectivity index (χ0v) is 10.2. The van der Waals surface area contributed by atoms with Gasteiger partial charge in [-0.15, -0.1) is 0 Å². The van der Waals surface area contributed by atoms with Gasteiger partial charge in [0.1, 0.15) is 5.82 Å². The zero-order chi connectivity index (χ0) is 11.7. The van der Waals surface area contributed by atoms with Crippen molar-refractivity contribution in [2.45, 2.75) is 13.0 Å². The summed E-state index contributed by atoms with van der Waals surface area (Å²) >= 11 is 3.28. The van der Waals surface area contributed by atoms with Crippen LogP contribution in [0.15, 0.2) is 33.3 Å². The molecule has 2 aromatic rings. The summed E-state index contributed by atoms with van der Waals surface area (Å²) < 4.78 is 19.7. The van der Waals surface area contributed by atoms with Crippen LogP contribution in [0.3, 0.4) is 0 Å². The smallest absolute Gasteiger partial charge is 0.211 e. The van der Waals surface area contributed by atoms with E-state index in [1.165, 1.54) is 12.3 Å². The van der Waals surface area contributed by atoms with Crippen molar-refractivity contribution in [3.63, 3.8) is 0 Å². The van der Waals surface area contributed by atoms with Gasteiger partial charge in [-0.25, -0.2) is 9.37 Å². The van der Waals surface area contributed by atoms with E-state index in [0.29, 0.717) is 17.2 Å². The van der Waals surface area contributed by atoms with Crippen molar-refractivity contribution in [1.82, 2.24) is 4.98 Å². The Hall–Kier alpha value is -1.20. The average molecular weight is 285 g/mol. The predicted molar refractivity (Wildman–Crippen MR) is 62.2 cm³/mol. The fraction of sp³-hybridized carbons (Fsp3) is 0.182. The highest BCUT2D eigenvalue weighted by molar-refractivity contribution is 9.10. The fourth-order valence-electron chi connectivity index (χ4n) is 1.31. The lowest BCUT2D eigenvalue weighted by Crippen LogP contribution is -2.04. The van der Waals surface area contributed by atoms with E-state index < -0.39 is 0 Å². The quantitative estimate of drug-likeness (QED) is 0.921. The van der Waals surface area contributed by atoms with Crippen LogP contribution in [-0.4, -0.2) is 4.98 Å². The molecule has 0 aliphatic carbocycles. The van der Waals surface area contributed by atoms with Gasteiger partial charge in [0.05, 0.1) is 17.8 Å². The molecule has 0 saturated heterocycles. The maximum atomic E-state index is 13.5.